The zero-order valence-electron chi connectivity index (χ0n) is 15.3. The summed E-state index contributed by atoms with van der Waals surface area (Å²) < 4.78 is 11.8. The number of Topliss-reactive ketones (excluding diaryl/α,β-unsaturated/α-hetero) is 1. The lowest BCUT2D eigenvalue weighted by atomic mass is 9.99. The van der Waals surface area contributed by atoms with Crippen LogP contribution in [0.3, 0.4) is 0 Å². The Morgan fingerprint density at radius 3 is 2.69 bits per heavy atom. The first-order chi connectivity index (χ1) is 13.8. The highest BCUT2D eigenvalue weighted by molar-refractivity contribution is 9.11. The number of carbonyl (C=O) groups is 1. The van der Waals surface area contributed by atoms with Gasteiger partial charge in [0, 0.05) is 18.2 Å². The number of H-pyrrole nitrogens is 1. The van der Waals surface area contributed by atoms with Crippen LogP contribution in [0.5, 0.6) is 5.75 Å². The summed E-state index contributed by atoms with van der Waals surface area (Å²) in [6, 6.07) is 6.14. The summed E-state index contributed by atoms with van der Waals surface area (Å²) in [5.41, 5.74) is -0.885. The van der Waals surface area contributed by atoms with Crippen LogP contribution >= 0.6 is 15.9 Å². The number of hydrogen-bond donors (Lipinski definition) is 3. The lowest BCUT2D eigenvalue weighted by Crippen LogP contribution is -2.40. The van der Waals surface area contributed by atoms with Crippen LogP contribution in [0.2, 0.25) is 0 Å². The molecule has 1 aliphatic heterocycles. The molecular weight excluding hydrogens is 448 g/mol. The molecule has 1 fully saturated rings. The molecule has 2 heterocycles. The Balaban J connectivity index is 1.81. The van der Waals surface area contributed by atoms with E-state index in [9.17, 15) is 24.6 Å². The maximum Gasteiger partial charge on any atom is 0.330 e. The Bertz CT molecular complexity index is 1030. The van der Waals surface area contributed by atoms with Crippen molar-refractivity contribution in [2.75, 3.05) is 7.11 Å². The van der Waals surface area contributed by atoms with E-state index in [1.165, 1.54) is 36.5 Å². The Hall–Kier alpha value is -2.53. The third-order valence-corrected chi connectivity index (χ3v) is 4.90. The van der Waals surface area contributed by atoms with Gasteiger partial charge in [0.05, 0.1) is 18.8 Å². The quantitative estimate of drug-likeness (QED) is 0.536. The fourth-order valence-electron chi connectivity index (χ4n) is 3.11. The van der Waals surface area contributed by atoms with Crippen LogP contribution in [-0.4, -0.2) is 51.0 Å². The largest absolute Gasteiger partial charge is 0.497 e. The van der Waals surface area contributed by atoms with E-state index >= 15 is 0 Å². The monoisotopic (exact) mass is 466 g/mol. The molecule has 10 heteroatoms. The number of aliphatic hydroxyl groups excluding tert-OH is 2. The summed E-state index contributed by atoms with van der Waals surface area (Å²) in [5.74, 6) is -0.0758. The predicted octanol–water partition coefficient (Wildman–Crippen LogP) is 0.803. The van der Waals surface area contributed by atoms with Gasteiger partial charge in [-0.3, -0.25) is 19.1 Å². The Morgan fingerprint density at radius 1 is 1.38 bits per heavy atom. The van der Waals surface area contributed by atoms with Crippen molar-refractivity contribution in [3.63, 3.8) is 0 Å². The summed E-state index contributed by atoms with van der Waals surface area (Å²) in [5, 5.41) is 20.8. The molecule has 1 saturated heterocycles. The summed E-state index contributed by atoms with van der Waals surface area (Å²) >= 11 is 3.06. The number of ketones is 1. The molecule has 4 atom stereocenters. The molecule has 0 amide bonds. The maximum absolute atomic E-state index is 12.6. The predicted molar refractivity (Wildman–Crippen MR) is 107 cm³/mol. The minimum absolute atomic E-state index is 0.0406. The van der Waals surface area contributed by atoms with E-state index in [2.05, 4.69) is 20.9 Å². The highest BCUT2D eigenvalue weighted by Gasteiger charge is 2.42. The van der Waals surface area contributed by atoms with Gasteiger partial charge in [-0.1, -0.05) is 15.9 Å². The van der Waals surface area contributed by atoms with Crippen molar-refractivity contribution in [2.24, 2.45) is 0 Å². The molecule has 3 rings (SSSR count). The number of aliphatic hydroxyl groups is 2. The van der Waals surface area contributed by atoms with E-state index in [4.69, 9.17) is 9.47 Å². The van der Waals surface area contributed by atoms with Crippen molar-refractivity contribution in [3.8, 4) is 5.75 Å². The van der Waals surface area contributed by atoms with Crippen molar-refractivity contribution in [3.05, 3.63) is 67.4 Å². The first kappa shape index (κ1) is 21.2. The van der Waals surface area contributed by atoms with E-state index in [0.717, 1.165) is 4.57 Å². The molecule has 0 saturated carbocycles. The van der Waals surface area contributed by atoms with E-state index in [0.29, 0.717) is 5.75 Å². The van der Waals surface area contributed by atoms with Gasteiger partial charge < -0.3 is 19.7 Å². The van der Waals surface area contributed by atoms with Crippen molar-refractivity contribution < 1.29 is 24.5 Å². The molecule has 0 spiro atoms. The average Bonchev–Trinajstić information content (AvgIpc) is 3.10. The zero-order valence-corrected chi connectivity index (χ0v) is 16.9. The second kappa shape index (κ2) is 8.87. The number of halogens is 1. The fraction of sp³-hybridized carbons (Fsp3) is 0.316. The molecule has 1 aliphatic rings. The SMILES string of the molecule is COc1ccc(C(=O)C(O)[C@H]2O[C@@H](n3cc(/C=C/Br)c(=O)[nH]c3=O)C[C@@H]2O)cc1. The average molecular weight is 467 g/mol. The van der Waals surface area contributed by atoms with Gasteiger partial charge in [0.2, 0.25) is 0 Å². The van der Waals surface area contributed by atoms with Gasteiger partial charge in [-0.2, -0.15) is 0 Å². The number of nitrogens with zero attached hydrogens (tertiary/aromatic N) is 1. The van der Waals surface area contributed by atoms with Crippen molar-refractivity contribution in [1.82, 2.24) is 9.55 Å². The summed E-state index contributed by atoms with van der Waals surface area (Å²) in [7, 11) is 1.49. The minimum Gasteiger partial charge on any atom is -0.497 e. The van der Waals surface area contributed by atoms with E-state index in [1.807, 2.05) is 0 Å². The number of rotatable bonds is 6. The summed E-state index contributed by atoms with van der Waals surface area (Å²) in [6.45, 7) is 0. The van der Waals surface area contributed by atoms with Gasteiger partial charge in [-0.05, 0) is 35.3 Å². The number of aromatic nitrogens is 2. The van der Waals surface area contributed by atoms with Crippen LogP contribution in [0.25, 0.3) is 6.08 Å². The lowest BCUT2D eigenvalue weighted by Gasteiger charge is -2.20. The standard InChI is InChI=1S/C19H19BrN2O7/c1-28-12-4-2-10(3-5-12)15(24)16(25)17-13(23)8-14(29-17)22-9-11(6-7-20)18(26)21-19(22)27/h2-7,9,13-14,16-17,23,25H,8H2,1H3,(H,21,26,27)/b7-6+/t13-,14+,16?,17-/m0/s1. The number of nitrogens with one attached hydrogen (secondary N) is 1. The minimum atomic E-state index is -1.64. The van der Waals surface area contributed by atoms with Gasteiger partial charge >= 0.3 is 5.69 Å². The zero-order chi connectivity index (χ0) is 21.1. The van der Waals surface area contributed by atoms with Crippen molar-refractivity contribution in [2.45, 2.75) is 31.0 Å². The van der Waals surface area contributed by atoms with Crippen LogP contribution in [0.1, 0.15) is 28.6 Å². The normalized spacial score (nSPS) is 22.7. The Kier molecular flexibility index (Phi) is 6.48. The maximum atomic E-state index is 12.6. The van der Waals surface area contributed by atoms with Gasteiger partial charge in [0.1, 0.15) is 24.2 Å². The molecule has 154 valence electrons. The molecule has 9 nitrogen and oxygen atoms in total. The van der Waals surface area contributed by atoms with Crippen LogP contribution in [0, 0.1) is 0 Å². The summed E-state index contributed by atoms with van der Waals surface area (Å²) in [4.78, 5) is 40.1. The molecule has 2 aromatic rings. The van der Waals surface area contributed by atoms with Gasteiger partial charge in [0.15, 0.2) is 5.78 Å². The van der Waals surface area contributed by atoms with E-state index in [1.54, 1.807) is 12.1 Å². The summed E-state index contributed by atoms with van der Waals surface area (Å²) in [6.07, 6.45) is -2.32. The molecule has 1 aromatic carbocycles. The molecule has 1 unspecified atom stereocenters. The van der Waals surface area contributed by atoms with E-state index in [-0.39, 0.29) is 17.5 Å². The number of hydrogen-bond acceptors (Lipinski definition) is 7. The Labute approximate surface area is 173 Å². The van der Waals surface area contributed by atoms with Gasteiger partial charge in [-0.15, -0.1) is 0 Å². The third-order valence-electron chi connectivity index (χ3n) is 4.64. The van der Waals surface area contributed by atoms with Gasteiger partial charge in [-0.25, -0.2) is 4.79 Å². The first-order valence-electron chi connectivity index (χ1n) is 8.67. The number of aromatic amines is 1. The first-order valence-corrected chi connectivity index (χ1v) is 9.59. The fourth-order valence-corrected chi connectivity index (χ4v) is 3.39. The van der Waals surface area contributed by atoms with Crippen LogP contribution in [-0.2, 0) is 4.74 Å². The molecule has 0 aliphatic carbocycles. The molecule has 3 N–H and O–H groups in total. The number of methoxy groups -OCH3 is 1. The highest BCUT2D eigenvalue weighted by Crippen LogP contribution is 2.30. The second-order valence-electron chi connectivity index (χ2n) is 6.44. The molecule has 0 bridgehead atoms. The number of carbonyl (C=O) groups excluding carboxylic acids is 1. The smallest absolute Gasteiger partial charge is 0.330 e. The molecule has 1 aromatic heterocycles. The molecule has 29 heavy (non-hydrogen) atoms. The van der Waals surface area contributed by atoms with E-state index < -0.39 is 41.6 Å². The van der Waals surface area contributed by atoms with Gasteiger partial charge in [0.25, 0.3) is 5.56 Å². The lowest BCUT2D eigenvalue weighted by molar-refractivity contribution is -0.0714. The van der Waals surface area contributed by atoms with Crippen LogP contribution in [0.15, 0.2) is 45.0 Å². The van der Waals surface area contributed by atoms with Crippen molar-refractivity contribution >= 4 is 27.8 Å². The van der Waals surface area contributed by atoms with Crippen LogP contribution < -0.4 is 16.0 Å². The molecular formula is C19H19BrN2O7. The number of ether oxygens (including phenoxy) is 2. The Morgan fingerprint density at radius 2 is 2.07 bits per heavy atom. The topological polar surface area (TPSA) is 131 Å². The van der Waals surface area contributed by atoms with Crippen LogP contribution in [0.4, 0.5) is 0 Å². The second-order valence-corrected chi connectivity index (χ2v) is 6.97. The third kappa shape index (κ3) is 4.40. The van der Waals surface area contributed by atoms with Crippen molar-refractivity contribution in [1.29, 1.82) is 0 Å². The molecule has 0 radical (unpaired) electrons. The highest BCUT2D eigenvalue weighted by atomic mass is 79.9. The number of benzene rings is 1.